The van der Waals surface area contributed by atoms with E-state index in [0.29, 0.717) is 5.92 Å². The van der Waals surface area contributed by atoms with Gasteiger partial charge in [-0.15, -0.1) is 0 Å². The number of halogens is 1. The van der Waals surface area contributed by atoms with Gasteiger partial charge in [0.05, 0.1) is 0 Å². The molecule has 0 radical (unpaired) electrons. The number of aryl methyl sites for hydroxylation is 3. The minimum absolute atomic E-state index is 0.484. The Morgan fingerprint density at radius 3 is 2.25 bits per heavy atom. The first-order valence-corrected chi connectivity index (χ1v) is 7.87. The zero-order chi connectivity index (χ0) is 14.4. The second-order valence-electron chi connectivity index (χ2n) is 5.85. The average Bonchev–Trinajstić information content (AvgIpc) is 2.67. The van der Waals surface area contributed by atoms with Crippen LogP contribution in [0.25, 0.3) is 5.57 Å². The molecule has 0 spiro atoms. The van der Waals surface area contributed by atoms with E-state index in [1.165, 1.54) is 43.4 Å². The van der Waals surface area contributed by atoms with Crippen molar-refractivity contribution in [2.45, 2.75) is 33.6 Å². The number of fused-ring (bicyclic) bond motifs is 1. The monoisotopic (exact) mass is 326 g/mol. The molecule has 1 atom stereocenters. The molecule has 0 saturated heterocycles. The van der Waals surface area contributed by atoms with Crippen molar-refractivity contribution in [2.24, 2.45) is 0 Å². The molecule has 0 amide bonds. The molecule has 0 fully saturated rings. The van der Waals surface area contributed by atoms with Crippen LogP contribution in [0.4, 0.5) is 0 Å². The van der Waals surface area contributed by atoms with Gasteiger partial charge < -0.3 is 0 Å². The molecule has 1 aliphatic rings. The van der Waals surface area contributed by atoms with Gasteiger partial charge in [-0.3, -0.25) is 0 Å². The molecule has 0 aliphatic heterocycles. The third kappa shape index (κ3) is 2.05. The van der Waals surface area contributed by atoms with Gasteiger partial charge in [0.2, 0.25) is 0 Å². The van der Waals surface area contributed by atoms with Gasteiger partial charge in [-0.1, -0.05) is 58.8 Å². The maximum absolute atomic E-state index is 3.74. The van der Waals surface area contributed by atoms with Crippen LogP contribution in [0.15, 0.2) is 40.9 Å². The summed E-state index contributed by atoms with van der Waals surface area (Å²) >= 11 is 3.74. The van der Waals surface area contributed by atoms with E-state index < -0.39 is 0 Å². The van der Waals surface area contributed by atoms with E-state index in [0.717, 1.165) is 0 Å². The highest BCUT2D eigenvalue weighted by Gasteiger charge is 2.25. The van der Waals surface area contributed by atoms with Crippen molar-refractivity contribution in [1.29, 1.82) is 0 Å². The third-order valence-corrected chi connectivity index (χ3v) is 4.83. The first-order valence-electron chi connectivity index (χ1n) is 7.08. The number of rotatable bonds is 1. The zero-order valence-corrected chi connectivity index (χ0v) is 14.0. The lowest BCUT2D eigenvalue weighted by Gasteiger charge is -2.15. The van der Waals surface area contributed by atoms with E-state index in [-0.39, 0.29) is 0 Å². The van der Waals surface area contributed by atoms with Crippen molar-refractivity contribution in [3.63, 3.8) is 0 Å². The van der Waals surface area contributed by atoms with Gasteiger partial charge in [-0.25, -0.2) is 0 Å². The molecule has 2 aromatic rings. The molecule has 0 nitrogen and oxygen atoms in total. The minimum Gasteiger partial charge on any atom is -0.0687 e. The first-order chi connectivity index (χ1) is 9.49. The molecule has 0 heterocycles. The standard InChI is InChI=1S/C19H19Br/c1-11-8-13(3)18(14(4)9-11)16-10-12(2)15-6-5-7-17(20)19(15)16/h5-10,12H,1-4H3. The lowest BCUT2D eigenvalue weighted by molar-refractivity contribution is 0.989. The lowest BCUT2D eigenvalue weighted by atomic mass is 9.91. The summed E-state index contributed by atoms with van der Waals surface area (Å²) in [5.41, 5.74) is 9.64. The quantitative estimate of drug-likeness (QED) is 0.609. The Morgan fingerprint density at radius 2 is 1.60 bits per heavy atom. The predicted octanol–water partition coefficient (Wildman–Crippen LogP) is 5.92. The van der Waals surface area contributed by atoms with E-state index in [1.807, 2.05) is 0 Å². The van der Waals surface area contributed by atoms with Crippen LogP contribution in [-0.4, -0.2) is 0 Å². The van der Waals surface area contributed by atoms with Crippen LogP contribution in [0.3, 0.4) is 0 Å². The van der Waals surface area contributed by atoms with E-state index in [2.05, 4.69) is 80.0 Å². The summed E-state index contributed by atoms with van der Waals surface area (Å²) in [4.78, 5) is 0. The SMILES string of the molecule is Cc1cc(C)c(C2=CC(C)c3cccc(Br)c32)c(C)c1. The molecule has 0 bridgehead atoms. The van der Waals surface area contributed by atoms with Crippen molar-refractivity contribution in [3.05, 3.63) is 74.3 Å². The van der Waals surface area contributed by atoms with Crippen LogP contribution in [-0.2, 0) is 0 Å². The highest BCUT2D eigenvalue weighted by Crippen LogP contribution is 2.44. The van der Waals surface area contributed by atoms with E-state index in [1.54, 1.807) is 0 Å². The topological polar surface area (TPSA) is 0 Å². The molecule has 0 aromatic heterocycles. The molecule has 1 unspecified atom stereocenters. The van der Waals surface area contributed by atoms with Crippen LogP contribution in [0, 0.1) is 20.8 Å². The molecule has 0 saturated carbocycles. The predicted molar refractivity (Wildman–Crippen MR) is 90.3 cm³/mol. The number of benzene rings is 2. The van der Waals surface area contributed by atoms with Crippen molar-refractivity contribution in [2.75, 3.05) is 0 Å². The maximum atomic E-state index is 3.74. The molecule has 2 aromatic carbocycles. The smallest absolute Gasteiger partial charge is 0.0256 e. The first kappa shape index (κ1) is 13.6. The molecule has 1 aliphatic carbocycles. The van der Waals surface area contributed by atoms with Gasteiger partial charge in [0.15, 0.2) is 0 Å². The molecular weight excluding hydrogens is 308 g/mol. The van der Waals surface area contributed by atoms with Crippen molar-refractivity contribution in [1.82, 2.24) is 0 Å². The molecule has 0 N–H and O–H groups in total. The van der Waals surface area contributed by atoms with Crippen LogP contribution in [0.1, 0.15) is 46.2 Å². The summed E-state index contributed by atoms with van der Waals surface area (Å²) in [6.07, 6.45) is 2.40. The van der Waals surface area contributed by atoms with Crippen LogP contribution < -0.4 is 0 Å². The zero-order valence-electron chi connectivity index (χ0n) is 12.4. The Morgan fingerprint density at radius 1 is 0.950 bits per heavy atom. The number of hydrogen-bond acceptors (Lipinski definition) is 0. The lowest BCUT2D eigenvalue weighted by Crippen LogP contribution is -1.96. The Labute approximate surface area is 129 Å². The van der Waals surface area contributed by atoms with Gasteiger partial charge >= 0.3 is 0 Å². The normalized spacial score (nSPS) is 17.1. The van der Waals surface area contributed by atoms with E-state index in [4.69, 9.17) is 0 Å². The molecule has 20 heavy (non-hydrogen) atoms. The minimum atomic E-state index is 0.484. The van der Waals surface area contributed by atoms with Crippen molar-refractivity contribution >= 4 is 21.5 Å². The van der Waals surface area contributed by atoms with Gasteiger partial charge in [0.25, 0.3) is 0 Å². The number of hydrogen-bond donors (Lipinski definition) is 0. The average molecular weight is 327 g/mol. The Kier molecular flexibility index (Phi) is 3.33. The van der Waals surface area contributed by atoms with Crippen molar-refractivity contribution in [3.8, 4) is 0 Å². The summed E-state index contributed by atoms with van der Waals surface area (Å²) in [6.45, 7) is 8.88. The highest BCUT2D eigenvalue weighted by molar-refractivity contribution is 9.10. The molecular formula is C19H19Br. The van der Waals surface area contributed by atoms with Gasteiger partial charge in [0, 0.05) is 10.4 Å². The summed E-state index contributed by atoms with van der Waals surface area (Å²) in [5.74, 6) is 0.484. The largest absolute Gasteiger partial charge is 0.0687 e. The fraction of sp³-hybridized carbons (Fsp3) is 0.263. The van der Waals surface area contributed by atoms with Gasteiger partial charge in [-0.05, 0) is 60.2 Å². The highest BCUT2D eigenvalue weighted by atomic mass is 79.9. The fourth-order valence-corrected chi connectivity index (χ4v) is 4.04. The van der Waals surface area contributed by atoms with Crippen LogP contribution in [0.5, 0.6) is 0 Å². The Hall–Kier alpha value is -1.34. The second kappa shape index (κ2) is 4.89. The third-order valence-electron chi connectivity index (χ3n) is 4.17. The van der Waals surface area contributed by atoms with Crippen LogP contribution >= 0.6 is 15.9 Å². The van der Waals surface area contributed by atoms with Crippen LogP contribution in [0.2, 0.25) is 0 Å². The van der Waals surface area contributed by atoms with Crippen molar-refractivity contribution < 1.29 is 0 Å². The summed E-state index contributed by atoms with van der Waals surface area (Å²) in [7, 11) is 0. The van der Waals surface area contributed by atoms with E-state index >= 15 is 0 Å². The van der Waals surface area contributed by atoms with Gasteiger partial charge in [0.1, 0.15) is 0 Å². The number of allylic oxidation sites excluding steroid dienone is 1. The Bertz CT molecular complexity index is 700. The Balaban J connectivity index is 2.27. The second-order valence-corrected chi connectivity index (χ2v) is 6.70. The molecule has 3 rings (SSSR count). The maximum Gasteiger partial charge on any atom is 0.0256 e. The van der Waals surface area contributed by atoms with Gasteiger partial charge in [-0.2, -0.15) is 0 Å². The molecule has 1 heteroatoms. The summed E-state index contributed by atoms with van der Waals surface area (Å²) < 4.78 is 1.20. The molecule has 102 valence electrons. The summed E-state index contributed by atoms with van der Waals surface area (Å²) in [5, 5.41) is 0. The van der Waals surface area contributed by atoms with E-state index in [9.17, 15) is 0 Å². The fourth-order valence-electron chi connectivity index (χ4n) is 3.44. The summed E-state index contributed by atoms with van der Waals surface area (Å²) in [6, 6.07) is 11.1.